The zero-order valence-electron chi connectivity index (χ0n) is 15.1. The van der Waals surface area contributed by atoms with Crippen molar-refractivity contribution in [3.8, 4) is 0 Å². The van der Waals surface area contributed by atoms with Crippen molar-refractivity contribution in [1.82, 2.24) is 19.4 Å². The number of aromatic nitrogens is 3. The van der Waals surface area contributed by atoms with Crippen LogP contribution in [0.1, 0.15) is 36.6 Å². The number of hydrogen-bond donors (Lipinski definition) is 0. The van der Waals surface area contributed by atoms with Gasteiger partial charge in [-0.25, -0.2) is 4.98 Å². The molecule has 1 saturated heterocycles. The first-order chi connectivity index (χ1) is 11.6. The average molecular weight is 327 g/mol. The summed E-state index contributed by atoms with van der Waals surface area (Å²) in [4.78, 5) is 13.7. The first-order valence-corrected chi connectivity index (χ1v) is 8.96. The van der Waals surface area contributed by atoms with Crippen LogP contribution in [0.2, 0.25) is 0 Å². The van der Waals surface area contributed by atoms with E-state index in [1.807, 2.05) is 18.6 Å². The maximum Gasteiger partial charge on any atom is 0.113 e. The molecule has 2 aromatic rings. The molecule has 0 bridgehead atoms. The number of anilines is 1. The molecule has 3 rings (SSSR count). The van der Waals surface area contributed by atoms with Crippen molar-refractivity contribution in [2.45, 2.75) is 38.6 Å². The minimum absolute atomic E-state index is 0.515. The molecular formula is C19H29N5. The van der Waals surface area contributed by atoms with E-state index in [9.17, 15) is 0 Å². The first-order valence-electron chi connectivity index (χ1n) is 8.96. The number of piperidine rings is 1. The van der Waals surface area contributed by atoms with Crippen LogP contribution in [0.25, 0.3) is 0 Å². The molecule has 0 unspecified atom stereocenters. The molecular weight excluding hydrogens is 298 g/mol. The Balaban J connectivity index is 1.69. The maximum atomic E-state index is 4.70. The Morgan fingerprint density at radius 2 is 2.17 bits per heavy atom. The van der Waals surface area contributed by atoms with Crippen LogP contribution in [0.4, 0.5) is 5.69 Å². The molecule has 0 saturated carbocycles. The Morgan fingerprint density at radius 1 is 1.29 bits per heavy atom. The van der Waals surface area contributed by atoms with Crippen molar-refractivity contribution < 1.29 is 0 Å². The van der Waals surface area contributed by atoms with E-state index in [0.29, 0.717) is 5.92 Å². The molecule has 0 radical (unpaired) electrons. The van der Waals surface area contributed by atoms with Gasteiger partial charge in [0.25, 0.3) is 0 Å². The van der Waals surface area contributed by atoms with Gasteiger partial charge in [0.2, 0.25) is 0 Å². The van der Waals surface area contributed by atoms with E-state index < -0.39 is 0 Å². The monoisotopic (exact) mass is 327 g/mol. The van der Waals surface area contributed by atoms with Gasteiger partial charge in [-0.05, 0) is 58.5 Å². The molecule has 1 aliphatic rings. The second-order valence-corrected chi connectivity index (χ2v) is 7.08. The largest absolute Gasteiger partial charge is 0.370 e. The summed E-state index contributed by atoms with van der Waals surface area (Å²) >= 11 is 0. The molecule has 5 nitrogen and oxygen atoms in total. The summed E-state index contributed by atoms with van der Waals surface area (Å²) in [6.45, 7) is 6.50. The lowest BCUT2D eigenvalue weighted by Gasteiger charge is -2.35. The summed E-state index contributed by atoms with van der Waals surface area (Å²) in [5, 5.41) is 0. The van der Waals surface area contributed by atoms with Gasteiger partial charge in [-0.1, -0.05) is 0 Å². The van der Waals surface area contributed by atoms with E-state index in [-0.39, 0.29) is 0 Å². The lowest BCUT2D eigenvalue weighted by Crippen LogP contribution is -2.35. The van der Waals surface area contributed by atoms with Crippen LogP contribution in [-0.2, 0) is 6.54 Å². The smallest absolute Gasteiger partial charge is 0.113 e. The van der Waals surface area contributed by atoms with Crippen LogP contribution >= 0.6 is 0 Å². The van der Waals surface area contributed by atoms with Gasteiger partial charge in [-0.15, -0.1) is 0 Å². The minimum atomic E-state index is 0.515. The maximum absolute atomic E-state index is 4.70. The quantitative estimate of drug-likeness (QED) is 0.817. The minimum Gasteiger partial charge on any atom is -0.370 e. The third kappa shape index (κ3) is 3.96. The number of aryl methyl sites for hydroxylation is 2. The Bertz CT molecular complexity index is 649. The zero-order chi connectivity index (χ0) is 16.9. The molecule has 0 aromatic carbocycles. The average Bonchev–Trinajstić information content (AvgIpc) is 3.03. The normalized spacial score (nSPS) is 18.3. The third-order valence-electron chi connectivity index (χ3n) is 4.87. The topological polar surface area (TPSA) is 37.2 Å². The van der Waals surface area contributed by atoms with Gasteiger partial charge < -0.3 is 14.4 Å². The molecule has 2 aromatic heterocycles. The second-order valence-electron chi connectivity index (χ2n) is 7.08. The van der Waals surface area contributed by atoms with Gasteiger partial charge in [-0.3, -0.25) is 4.98 Å². The first kappa shape index (κ1) is 17.0. The number of imidazole rings is 1. The highest BCUT2D eigenvalue weighted by Crippen LogP contribution is 2.30. The van der Waals surface area contributed by atoms with E-state index in [4.69, 9.17) is 4.98 Å². The van der Waals surface area contributed by atoms with E-state index in [0.717, 1.165) is 32.6 Å². The highest BCUT2D eigenvalue weighted by Gasteiger charge is 2.25. The number of nitrogens with zero attached hydrogens (tertiary/aromatic N) is 5. The lowest BCUT2D eigenvalue weighted by atomic mass is 9.96. The SMILES string of the molecule is Cc1cnccc1N1CCC[C@@H](c2nccn2CCCN(C)C)C1. The van der Waals surface area contributed by atoms with Gasteiger partial charge in [0, 0.05) is 56.0 Å². The lowest BCUT2D eigenvalue weighted by molar-refractivity contribution is 0.380. The Labute approximate surface area is 145 Å². The number of hydrogen-bond acceptors (Lipinski definition) is 4. The van der Waals surface area contributed by atoms with Gasteiger partial charge in [0.1, 0.15) is 5.82 Å². The van der Waals surface area contributed by atoms with Crippen LogP contribution in [-0.4, -0.2) is 53.2 Å². The summed E-state index contributed by atoms with van der Waals surface area (Å²) in [5.74, 6) is 1.77. The fourth-order valence-corrected chi connectivity index (χ4v) is 3.65. The molecule has 5 heteroatoms. The van der Waals surface area contributed by atoms with Crippen molar-refractivity contribution in [2.24, 2.45) is 0 Å². The highest BCUT2D eigenvalue weighted by molar-refractivity contribution is 5.52. The predicted octanol–water partition coefficient (Wildman–Crippen LogP) is 2.92. The molecule has 0 spiro atoms. The third-order valence-corrected chi connectivity index (χ3v) is 4.87. The molecule has 0 N–H and O–H groups in total. The molecule has 24 heavy (non-hydrogen) atoms. The summed E-state index contributed by atoms with van der Waals surface area (Å²) in [7, 11) is 4.26. The van der Waals surface area contributed by atoms with Gasteiger partial charge in [-0.2, -0.15) is 0 Å². The van der Waals surface area contributed by atoms with E-state index in [2.05, 4.69) is 52.6 Å². The molecule has 1 atom stereocenters. The molecule has 1 aliphatic heterocycles. The second kappa shape index (κ2) is 7.79. The van der Waals surface area contributed by atoms with E-state index >= 15 is 0 Å². The molecule has 0 aliphatic carbocycles. The van der Waals surface area contributed by atoms with Crippen LogP contribution < -0.4 is 4.90 Å². The summed E-state index contributed by atoms with van der Waals surface area (Å²) < 4.78 is 2.36. The Kier molecular flexibility index (Phi) is 5.51. The summed E-state index contributed by atoms with van der Waals surface area (Å²) in [6, 6.07) is 2.14. The van der Waals surface area contributed by atoms with E-state index in [1.54, 1.807) is 0 Å². The molecule has 0 amide bonds. The zero-order valence-corrected chi connectivity index (χ0v) is 15.1. The van der Waals surface area contributed by atoms with Crippen molar-refractivity contribution in [1.29, 1.82) is 0 Å². The van der Waals surface area contributed by atoms with Crippen LogP contribution in [0.5, 0.6) is 0 Å². The van der Waals surface area contributed by atoms with Gasteiger partial charge in [0.15, 0.2) is 0 Å². The van der Waals surface area contributed by atoms with E-state index in [1.165, 1.54) is 29.9 Å². The molecule has 130 valence electrons. The van der Waals surface area contributed by atoms with Crippen LogP contribution in [0.3, 0.4) is 0 Å². The van der Waals surface area contributed by atoms with Gasteiger partial charge in [0.05, 0.1) is 0 Å². The Morgan fingerprint density at radius 3 is 2.96 bits per heavy atom. The molecule has 1 fully saturated rings. The number of rotatable bonds is 6. The van der Waals surface area contributed by atoms with Crippen LogP contribution in [0.15, 0.2) is 30.9 Å². The summed E-state index contributed by atoms with van der Waals surface area (Å²) in [6.07, 6.45) is 11.6. The number of pyridine rings is 1. The van der Waals surface area contributed by atoms with Crippen molar-refractivity contribution in [3.05, 3.63) is 42.2 Å². The fraction of sp³-hybridized carbons (Fsp3) is 0.579. The van der Waals surface area contributed by atoms with Crippen LogP contribution in [0, 0.1) is 6.92 Å². The summed E-state index contributed by atoms with van der Waals surface area (Å²) in [5.41, 5.74) is 2.58. The standard InChI is InChI=1S/C19H29N5/c1-16-14-20-8-7-18(16)24-11-4-6-17(15-24)19-21-9-13-23(19)12-5-10-22(2)3/h7-9,13-14,17H,4-6,10-12,15H2,1-3H3/t17-/m1/s1. The van der Waals surface area contributed by atoms with Crippen molar-refractivity contribution in [3.63, 3.8) is 0 Å². The fourth-order valence-electron chi connectivity index (χ4n) is 3.65. The predicted molar refractivity (Wildman–Crippen MR) is 98.6 cm³/mol. The van der Waals surface area contributed by atoms with Gasteiger partial charge >= 0.3 is 0 Å². The highest BCUT2D eigenvalue weighted by atomic mass is 15.2. The molecule has 3 heterocycles. The van der Waals surface area contributed by atoms with Crippen molar-refractivity contribution >= 4 is 5.69 Å². The van der Waals surface area contributed by atoms with Crippen molar-refractivity contribution in [2.75, 3.05) is 38.6 Å². The Hall–Kier alpha value is -1.88.